The fourth-order valence-electron chi connectivity index (χ4n) is 8.04. The minimum Gasteiger partial charge on any atom is -0.316 e. The number of benzene rings is 7. The monoisotopic (exact) mass is 677 g/mol. The molecule has 0 radical (unpaired) electrons. The lowest BCUT2D eigenvalue weighted by molar-refractivity contribution is 0.995. The van der Waals surface area contributed by atoms with Crippen LogP contribution in [0.1, 0.15) is 0 Å². The van der Waals surface area contributed by atoms with Crippen molar-refractivity contribution >= 4 is 54.5 Å². The van der Waals surface area contributed by atoms with Gasteiger partial charge in [0.2, 0.25) is 5.95 Å². The van der Waals surface area contributed by atoms with Crippen LogP contribution in [0.2, 0.25) is 0 Å². The van der Waals surface area contributed by atoms with Crippen LogP contribution in [0, 0.1) is 0 Å². The molecule has 0 aliphatic carbocycles. The zero-order chi connectivity index (χ0) is 34.9. The van der Waals surface area contributed by atoms with Gasteiger partial charge in [0.15, 0.2) is 0 Å². The van der Waals surface area contributed by atoms with E-state index in [0.717, 1.165) is 66.7 Å². The highest BCUT2D eigenvalue weighted by atomic mass is 15.2. The summed E-state index contributed by atoms with van der Waals surface area (Å²) in [6, 6.07) is 64.4. The number of rotatable bonds is 5. The van der Waals surface area contributed by atoms with Crippen molar-refractivity contribution in [3.63, 3.8) is 0 Å². The molecule has 53 heavy (non-hydrogen) atoms. The molecular weight excluding hydrogens is 647 g/mol. The zero-order valence-electron chi connectivity index (χ0n) is 28.6. The standard InChI is InChI=1S/C48H31N5/c1-5-15-32(16-6-1)41-29-42(33-17-7-2-8-18-33)50-48(49-41)53-46-30-44-34(25-26-51(44)35-19-9-3-10-20-35)27-38(46)40-28-39-37-23-13-14-24-43(37)52(45(39)31-47(40)53)36-21-11-4-12-22-36/h1-31H. The predicted molar refractivity (Wildman–Crippen MR) is 218 cm³/mol. The zero-order valence-corrected chi connectivity index (χ0v) is 28.6. The molecule has 4 aromatic heterocycles. The lowest BCUT2D eigenvalue weighted by atomic mass is 10.1. The fourth-order valence-corrected chi connectivity index (χ4v) is 8.04. The molecule has 248 valence electrons. The van der Waals surface area contributed by atoms with E-state index < -0.39 is 0 Å². The van der Waals surface area contributed by atoms with Gasteiger partial charge in [0.1, 0.15) is 0 Å². The minimum absolute atomic E-state index is 0.629. The van der Waals surface area contributed by atoms with Crippen LogP contribution in [0.3, 0.4) is 0 Å². The fraction of sp³-hybridized carbons (Fsp3) is 0. The molecule has 0 aliphatic heterocycles. The van der Waals surface area contributed by atoms with E-state index in [9.17, 15) is 0 Å². The third kappa shape index (κ3) is 4.64. The molecule has 0 fully saturated rings. The van der Waals surface area contributed by atoms with Gasteiger partial charge in [-0.1, -0.05) is 115 Å². The van der Waals surface area contributed by atoms with Crippen molar-refractivity contribution in [2.75, 3.05) is 0 Å². The van der Waals surface area contributed by atoms with Crippen LogP contribution in [0.25, 0.3) is 94.4 Å². The third-order valence-electron chi connectivity index (χ3n) is 10.5. The van der Waals surface area contributed by atoms with Crippen LogP contribution in [-0.2, 0) is 0 Å². The van der Waals surface area contributed by atoms with E-state index in [-0.39, 0.29) is 0 Å². The summed E-state index contributed by atoms with van der Waals surface area (Å²) in [7, 11) is 0. The lowest BCUT2D eigenvalue weighted by Crippen LogP contribution is -2.04. The van der Waals surface area contributed by atoms with Crippen LogP contribution in [0.15, 0.2) is 188 Å². The molecule has 5 nitrogen and oxygen atoms in total. The van der Waals surface area contributed by atoms with Gasteiger partial charge < -0.3 is 9.13 Å². The van der Waals surface area contributed by atoms with Crippen molar-refractivity contribution in [3.8, 4) is 39.8 Å². The molecule has 0 amide bonds. The maximum Gasteiger partial charge on any atom is 0.235 e. The van der Waals surface area contributed by atoms with Gasteiger partial charge in [-0.05, 0) is 66.7 Å². The Kier molecular flexibility index (Phi) is 6.48. The molecule has 5 heteroatoms. The van der Waals surface area contributed by atoms with Gasteiger partial charge in [0.05, 0.1) is 39.0 Å². The average molecular weight is 678 g/mol. The first-order valence-electron chi connectivity index (χ1n) is 17.9. The highest BCUT2D eigenvalue weighted by Crippen LogP contribution is 2.41. The lowest BCUT2D eigenvalue weighted by Gasteiger charge is -2.13. The first kappa shape index (κ1) is 29.5. The van der Waals surface area contributed by atoms with Gasteiger partial charge in [-0.3, -0.25) is 4.57 Å². The van der Waals surface area contributed by atoms with Gasteiger partial charge in [0, 0.05) is 55.6 Å². The maximum atomic E-state index is 5.36. The van der Waals surface area contributed by atoms with E-state index in [1.165, 1.54) is 21.7 Å². The van der Waals surface area contributed by atoms with Crippen molar-refractivity contribution in [1.82, 2.24) is 23.7 Å². The van der Waals surface area contributed by atoms with Gasteiger partial charge in [-0.15, -0.1) is 0 Å². The first-order chi connectivity index (χ1) is 26.3. The van der Waals surface area contributed by atoms with E-state index in [2.05, 4.69) is 190 Å². The molecule has 0 unspecified atom stereocenters. The van der Waals surface area contributed by atoms with Gasteiger partial charge in [0.25, 0.3) is 0 Å². The number of hydrogen-bond acceptors (Lipinski definition) is 2. The Morgan fingerprint density at radius 2 is 0.849 bits per heavy atom. The van der Waals surface area contributed by atoms with E-state index >= 15 is 0 Å². The second-order valence-electron chi connectivity index (χ2n) is 13.5. The molecule has 0 saturated heterocycles. The Balaban J connectivity index is 1.30. The Morgan fingerprint density at radius 3 is 1.51 bits per heavy atom. The van der Waals surface area contributed by atoms with Crippen molar-refractivity contribution in [1.29, 1.82) is 0 Å². The summed E-state index contributed by atoms with van der Waals surface area (Å²) in [5.41, 5.74) is 11.6. The number of hydrogen-bond donors (Lipinski definition) is 0. The molecule has 11 rings (SSSR count). The van der Waals surface area contributed by atoms with Crippen molar-refractivity contribution in [3.05, 3.63) is 188 Å². The summed E-state index contributed by atoms with van der Waals surface area (Å²) >= 11 is 0. The number of fused-ring (bicyclic) bond motifs is 7. The molecule has 0 spiro atoms. The summed E-state index contributed by atoms with van der Waals surface area (Å²) in [6.45, 7) is 0. The summed E-state index contributed by atoms with van der Waals surface area (Å²) in [5, 5.41) is 5.93. The highest BCUT2D eigenvalue weighted by Gasteiger charge is 2.22. The molecular formula is C48H31N5. The van der Waals surface area contributed by atoms with Crippen molar-refractivity contribution in [2.45, 2.75) is 0 Å². The average Bonchev–Trinajstić information content (AvgIpc) is 3.89. The topological polar surface area (TPSA) is 40.6 Å². The second-order valence-corrected chi connectivity index (χ2v) is 13.5. The molecule has 0 saturated carbocycles. The molecule has 7 aromatic carbocycles. The van der Waals surface area contributed by atoms with E-state index in [4.69, 9.17) is 9.97 Å². The highest BCUT2D eigenvalue weighted by molar-refractivity contribution is 6.20. The van der Waals surface area contributed by atoms with Crippen LogP contribution in [0.5, 0.6) is 0 Å². The normalized spacial score (nSPS) is 11.8. The Bertz CT molecular complexity index is 3080. The van der Waals surface area contributed by atoms with E-state index in [0.29, 0.717) is 5.95 Å². The van der Waals surface area contributed by atoms with Gasteiger partial charge >= 0.3 is 0 Å². The molecule has 0 atom stereocenters. The van der Waals surface area contributed by atoms with E-state index in [1.54, 1.807) is 0 Å². The number of aromatic nitrogens is 5. The summed E-state index contributed by atoms with van der Waals surface area (Å²) in [4.78, 5) is 10.7. The molecule has 11 aromatic rings. The first-order valence-corrected chi connectivity index (χ1v) is 17.9. The van der Waals surface area contributed by atoms with Crippen molar-refractivity contribution in [2.24, 2.45) is 0 Å². The largest absolute Gasteiger partial charge is 0.316 e. The quantitative estimate of drug-likeness (QED) is 0.182. The molecule has 4 heterocycles. The summed E-state index contributed by atoms with van der Waals surface area (Å²) < 4.78 is 6.92. The molecule has 0 bridgehead atoms. The van der Waals surface area contributed by atoms with Crippen molar-refractivity contribution < 1.29 is 0 Å². The van der Waals surface area contributed by atoms with Crippen LogP contribution in [-0.4, -0.2) is 23.7 Å². The van der Waals surface area contributed by atoms with Gasteiger partial charge in [-0.2, -0.15) is 0 Å². The second kappa shape index (κ2) is 11.7. The number of nitrogens with zero attached hydrogens (tertiary/aromatic N) is 5. The van der Waals surface area contributed by atoms with Crippen LogP contribution in [0.4, 0.5) is 0 Å². The predicted octanol–water partition coefficient (Wildman–Crippen LogP) is 11.9. The third-order valence-corrected chi connectivity index (χ3v) is 10.5. The Morgan fingerprint density at radius 1 is 0.340 bits per heavy atom. The molecule has 0 N–H and O–H groups in total. The Hall–Kier alpha value is -7.24. The molecule has 0 aliphatic rings. The van der Waals surface area contributed by atoms with E-state index in [1.807, 2.05) is 12.1 Å². The summed E-state index contributed by atoms with van der Waals surface area (Å²) in [6.07, 6.45) is 2.16. The smallest absolute Gasteiger partial charge is 0.235 e. The maximum absolute atomic E-state index is 5.36. The SMILES string of the molecule is c1ccc(-c2cc(-c3ccccc3)nc(-n3c4cc5c(ccn5-c5ccccc5)cc4c4cc5c6ccccc6n(-c6ccccc6)c5cc43)n2)cc1. The van der Waals surface area contributed by atoms with Crippen LogP contribution < -0.4 is 0 Å². The van der Waals surface area contributed by atoms with Crippen LogP contribution >= 0.6 is 0 Å². The summed E-state index contributed by atoms with van der Waals surface area (Å²) in [5.74, 6) is 0.629. The number of para-hydroxylation sites is 3. The van der Waals surface area contributed by atoms with Gasteiger partial charge in [-0.25, -0.2) is 9.97 Å². The Labute approximate surface area is 305 Å². The minimum atomic E-state index is 0.629.